The summed E-state index contributed by atoms with van der Waals surface area (Å²) in [5.74, 6) is -0.341. The molecule has 1 saturated heterocycles. The van der Waals surface area contributed by atoms with E-state index in [1.165, 1.54) is 33.3 Å². The number of benzene rings is 2. The van der Waals surface area contributed by atoms with Gasteiger partial charge in [-0.15, -0.1) is 11.3 Å². The molecule has 0 unspecified atom stereocenters. The second-order valence-corrected chi connectivity index (χ2v) is 14.1. The van der Waals surface area contributed by atoms with E-state index in [0.717, 1.165) is 74.4 Å². The number of fused-ring (bicyclic) bond motifs is 2. The summed E-state index contributed by atoms with van der Waals surface area (Å²) in [7, 11) is -3.70. The average molecular weight is 593 g/mol. The van der Waals surface area contributed by atoms with Gasteiger partial charge in [0, 0.05) is 49.7 Å². The van der Waals surface area contributed by atoms with Crippen molar-refractivity contribution in [2.75, 3.05) is 38.0 Å². The van der Waals surface area contributed by atoms with Crippen molar-refractivity contribution in [3.63, 3.8) is 0 Å². The molecule has 0 spiro atoms. The third-order valence-corrected chi connectivity index (χ3v) is 11.5. The minimum atomic E-state index is -3.70. The quantitative estimate of drug-likeness (QED) is 0.446. The molecular formula is C31H36N4O4S2. The van der Waals surface area contributed by atoms with Crippen molar-refractivity contribution in [3.05, 3.63) is 81.2 Å². The molecule has 1 aromatic heterocycles. The van der Waals surface area contributed by atoms with Crippen LogP contribution in [0, 0.1) is 0 Å². The molecule has 4 heterocycles. The smallest absolute Gasteiger partial charge is 0.257 e. The van der Waals surface area contributed by atoms with Crippen LogP contribution < -0.4 is 5.32 Å². The number of thiophene rings is 1. The van der Waals surface area contributed by atoms with Crippen LogP contribution >= 0.6 is 11.3 Å². The van der Waals surface area contributed by atoms with Crippen LogP contribution in [0.25, 0.3) is 0 Å². The Morgan fingerprint density at radius 1 is 0.878 bits per heavy atom. The molecule has 216 valence electrons. The first-order chi connectivity index (χ1) is 19.8. The zero-order valence-electron chi connectivity index (χ0n) is 23.4. The SMILES string of the molecule is CCN1CCc2c(sc(NC(=O)c3ccc(S(=O)(=O)N4CCc5ccccc5C4)cc3)c2C(=O)N2CCCCC2)C1. The molecule has 10 heteroatoms. The number of likely N-dealkylation sites (N-methyl/N-ethyl adjacent to an activating group) is 1. The van der Waals surface area contributed by atoms with Crippen LogP contribution in [-0.4, -0.2) is 67.1 Å². The maximum absolute atomic E-state index is 13.7. The molecule has 6 rings (SSSR count). The lowest BCUT2D eigenvalue weighted by molar-refractivity contribution is 0.0724. The first-order valence-corrected chi connectivity index (χ1v) is 16.8. The van der Waals surface area contributed by atoms with Gasteiger partial charge in [-0.05, 0) is 79.6 Å². The summed E-state index contributed by atoms with van der Waals surface area (Å²) < 4.78 is 28.3. The summed E-state index contributed by atoms with van der Waals surface area (Å²) in [6.07, 6.45) is 4.61. The molecule has 41 heavy (non-hydrogen) atoms. The van der Waals surface area contributed by atoms with Crippen LogP contribution in [0.3, 0.4) is 0 Å². The third kappa shape index (κ3) is 5.58. The number of nitrogens with zero attached hydrogens (tertiary/aromatic N) is 3. The highest BCUT2D eigenvalue weighted by molar-refractivity contribution is 7.89. The van der Waals surface area contributed by atoms with Gasteiger partial charge in [-0.3, -0.25) is 14.5 Å². The first-order valence-electron chi connectivity index (χ1n) is 14.5. The molecule has 3 aliphatic rings. The van der Waals surface area contributed by atoms with E-state index in [9.17, 15) is 18.0 Å². The Morgan fingerprint density at radius 3 is 2.34 bits per heavy atom. The van der Waals surface area contributed by atoms with Crippen LogP contribution in [-0.2, 0) is 36.0 Å². The maximum atomic E-state index is 13.7. The molecule has 3 aromatic rings. The van der Waals surface area contributed by atoms with Gasteiger partial charge in [0.2, 0.25) is 10.0 Å². The minimum Gasteiger partial charge on any atom is -0.339 e. The third-order valence-electron chi connectivity index (χ3n) is 8.52. The van der Waals surface area contributed by atoms with E-state index < -0.39 is 10.0 Å². The van der Waals surface area contributed by atoms with Crippen molar-refractivity contribution >= 4 is 38.2 Å². The predicted molar refractivity (Wildman–Crippen MR) is 161 cm³/mol. The number of hydrogen-bond acceptors (Lipinski definition) is 6. The molecule has 2 aromatic carbocycles. The molecular weight excluding hydrogens is 556 g/mol. The Balaban J connectivity index is 1.22. The highest BCUT2D eigenvalue weighted by Gasteiger charge is 2.32. The number of piperidine rings is 1. The predicted octanol–water partition coefficient (Wildman–Crippen LogP) is 4.75. The van der Waals surface area contributed by atoms with E-state index in [2.05, 4.69) is 17.1 Å². The summed E-state index contributed by atoms with van der Waals surface area (Å²) in [4.78, 5) is 32.7. The van der Waals surface area contributed by atoms with Crippen molar-refractivity contribution in [1.29, 1.82) is 0 Å². The largest absolute Gasteiger partial charge is 0.339 e. The van der Waals surface area contributed by atoms with Gasteiger partial charge in [-0.25, -0.2) is 8.42 Å². The Kier molecular flexibility index (Phi) is 8.00. The minimum absolute atomic E-state index is 0.00648. The van der Waals surface area contributed by atoms with Crippen molar-refractivity contribution in [1.82, 2.24) is 14.1 Å². The van der Waals surface area contributed by atoms with Crippen molar-refractivity contribution in [2.24, 2.45) is 0 Å². The average Bonchev–Trinajstić information content (AvgIpc) is 3.37. The normalized spacial score (nSPS) is 18.0. The monoisotopic (exact) mass is 592 g/mol. The lowest BCUT2D eigenvalue weighted by Gasteiger charge is -2.29. The molecule has 0 aliphatic carbocycles. The molecule has 1 N–H and O–H groups in total. The van der Waals surface area contributed by atoms with Crippen LogP contribution in [0.2, 0.25) is 0 Å². The van der Waals surface area contributed by atoms with Crippen molar-refractivity contribution in [3.8, 4) is 0 Å². The second-order valence-electron chi connectivity index (χ2n) is 11.0. The number of carbonyl (C=O) groups is 2. The highest BCUT2D eigenvalue weighted by atomic mass is 32.2. The number of carbonyl (C=O) groups excluding carboxylic acids is 2. The van der Waals surface area contributed by atoms with Crippen LogP contribution in [0.1, 0.15) is 68.5 Å². The topological polar surface area (TPSA) is 90.0 Å². The summed E-state index contributed by atoms with van der Waals surface area (Å²) >= 11 is 1.49. The molecule has 1 fully saturated rings. The lowest BCUT2D eigenvalue weighted by Crippen LogP contribution is -2.37. The molecule has 0 bridgehead atoms. The van der Waals surface area contributed by atoms with E-state index in [1.54, 1.807) is 12.1 Å². The Bertz CT molecular complexity index is 1560. The molecule has 8 nitrogen and oxygen atoms in total. The number of sulfonamides is 1. The standard InChI is InChI=1S/C31H36N4O4S2/c1-2-33-18-15-26-27(21-33)40-30(28(26)31(37)34-16-6-3-7-17-34)32-29(36)23-10-12-25(13-11-23)41(38,39)35-19-14-22-8-4-5-9-24(22)20-35/h4-5,8-13H,2-3,6-7,14-21H2,1H3,(H,32,36). The molecule has 0 saturated carbocycles. The first kappa shape index (κ1) is 28.1. The van der Waals surface area contributed by atoms with Gasteiger partial charge in [0.15, 0.2) is 0 Å². The zero-order valence-corrected chi connectivity index (χ0v) is 25.0. The van der Waals surface area contributed by atoms with Crippen LogP contribution in [0.5, 0.6) is 0 Å². The fourth-order valence-corrected chi connectivity index (χ4v) is 8.77. The van der Waals surface area contributed by atoms with Crippen molar-refractivity contribution < 1.29 is 18.0 Å². The molecule has 2 amide bonds. The second kappa shape index (κ2) is 11.7. The van der Waals surface area contributed by atoms with E-state index >= 15 is 0 Å². The molecule has 0 radical (unpaired) electrons. The van der Waals surface area contributed by atoms with E-state index in [0.29, 0.717) is 35.6 Å². The van der Waals surface area contributed by atoms with Gasteiger partial charge in [0.05, 0.1) is 10.5 Å². The number of rotatable bonds is 6. The van der Waals surface area contributed by atoms with Crippen molar-refractivity contribution in [2.45, 2.75) is 57.0 Å². The van der Waals surface area contributed by atoms with Gasteiger partial charge in [-0.2, -0.15) is 4.31 Å². The fraction of sp³-hybridized carbons (Fsp3) is 0.419. The van der Waals surface area contributed by atoms with Crippen LogP contribution in [0.4, 0.5) is 5.00 Å². The molecule has 3 aliphatic heterocycles. The number of hydrogen-bond donors (Lipinski definition) is 1. The zero-order chi connectivity index (χ0) is 28.6. The lowest BCUT2D eigenvalue weighted by atomic mass is 10.0. The summed E-state index contributed by atoms with van der Waals surface area (Å²) in [5, 5.41) is 3.62. The fourth-order valence-electron chi connectivity index (χ4n) is 6.07. The van der Waals surface area contributed by atoms with Gasteiger partial charge < -0.3 is 10.2 Å². The Labute approximate surface area is 246 Å². The van der Waals surface area contributed by atoms with Crippen LogP contribution in [0.15, 0.2) is 53.4 Å². The highest BCUT2D eigenvalue weighted by Crippen LogP contribution is 2.38. The van der Waals surface area contributed by atoms with Gasteiger partial charge >= 0.3 is 0 Å². The maximum Gasteiger partial charge on any atom is 0.257 e. The summed E-state index contributed by atoms with van der Waals surface area (Å²) in [6, 6.07) is 14.0. The number of anilines is 1. The molecule has 0 atom stereocenters. The number of likely N-dealkylation sites (tertiary alicyclic amines) is 1. The summed E-state index contributed by atoms with van der Waals surface area (Å²) in [5.41, 5.74) is 4.26. The van der Waals surface area contributed by atoms with E-state index in [-0.39, 0.29) is 16.7 Å². The Hall–Kier alpha value is -3.05. The van der Waals surface area contributed by atoms with E-state index in [1.807, 2.05) is 29.2 Å². The van der Waals surface area contributed by atoms with Gasteiger partial charge in [0.1, 0.15) is 5.00 Å². The number of nitrogens with one attached hydrogen (secondary N) is 1. The summed E-state index contributed by atoms with van der Waals surface area (Å²) in [6.45, 7) is 7.00. The van der Waals surface area contributed by atoms with Gasteiger partial charge in [0.25, 0.3) is 11.8 Å². The number of amides is 2. The van der Waals surface area contributed by atoms with Gasteiger partial charge in [-0.1, -0.05) is 31.2 Å². The Morgan fingerprint density at radius 2 is 1.61 bits per heavy atom. The van der Waals surface area contributed by atoms with E-state index in [4.69, 9.17) is 0 Å².